The minimum Gasteiger partial charge on any atom is -0.362 e. The number of hydrogen-bond donors (Lipinski definition) is 0. The van der Waals surface area contributed by atoms with Crippen molar-refractivity contribution in [2.24, 2.45) is 0 Å². The van der Waals surface area contributed by atoms with Crippen molar-refractivity contribution in [3.8, 4) is 0 Å². The molecule has 0 bridgehead atoms. The van der Waals surface area contributed by atoms with Gasteiger partial charge in [0.05, 0.1) is 12.2 Å². The highest BCUT2D eigenvalue weighted by Crippen LogP contribution is 2.22. The lowest BCUT2D eigenvalue weighted by Crippen LogP contribution is -2.37. The summed E-state index contributed by atoms with van der Waals surface area (Å²) >= 11 is 0. The van der Waals surface area contributed by atoms with Crippen LogP contribution in [0.2, 0.25) is 0 Å². The van der Waals surface area contributed by atoms with Gasteiger partial charge >= 0.3 is 0 Å². The van der Waals surface area contributed by atoms with Gasteiger partial charge in [0.25, 0.3) is 0 Å². The molecule has 0 saturated carbocycles. The third kappa shape index (κ3) is 2.92. The Hall–Kier alpha value is -1.91. The minimum absolute atomic E-state index is 0.0277. The number of amides is 1. The van der Waals surface area contributed by atoms with Crippen LogP contribution in [0.25, 0.3) is 0 Å². The second-order valence-electron chi connectivity index (χ2n) is 4.74. The number of anilines is 1. The van der Waals surface area contributed by atoms with E-state index >= 15 is 0 Å². The van der Waals surface area contributed by atoms with Gasteiger partial charge in [-0.3, -0.25) is 9.59 Å². The monoisotopic (exact) mass is 264 g/mol. The maximum absolute atomic E-state index is 13.8. The van der Waals surface area contributed by atoms with Crippen LogP contribution in [0.15, 0.2) is 18.2 Å². The van der Waals surface area contributed by atoms with Crippen molar-refractivity contribution in [2.75, 3.05) is 31.6 Å². The van der Waals surface area contributed by atoms with Crippen molar-refractivity contribution in [2.45, 2.75) is 12.8 Å². The van der Waals surface area contributed by atoms with Crippen LogP contribution in [0.5, 0.6) is 0 Å². The largest absolute Gasteiger partial charge is 0.362 e. The van der Waals surface area contributed by atoms with E-state index in [0.717, 1.165) is 25.9 Å². The van der Waals surface area contributed by atoms with E-state index in [1.165, 1.54) is 17.0 Å². The molecule has 5 heteroatoms. The Bertz CT molecular complexity index is 484. The Labute approximate surface area is 111 Å². The molecule has 0 aromatic heterocycles. The van der Waals surface area contributed by atoms with Gasteiger partial charge in [-0.05, 0) is 25.0 Å². The predicted molar refractivity (Wildman–Crippen MR) is 70.9 cm³/mol. The highest BCUT2D eigenvalue weighted by atomic mass is 19.1. The third-order valence-corrected chi connectivity index (χ3v) is 3.36. The molecule has 0 aliphatic carbocycles. The number of hydrogen-bond acceptors (Lipinski definition) is 3. The first-order valence-corrected chi connectivity index (χ1v) is 6.36. The zero-order valence-corrected chi connectivity index (χ0v) is 10.9. The lowest BCUT2D eigenvalue weighted by atomic mass is 10.1. The van der Waals surface area contributed by atoms with E-state index in [1.807, 2.05) is 0 Å². The van der Waals surface area contributed by atoms with Gasteiger partial charge < -0.3 is 9.80 Å². The summed E-state index contributed by atoms with van der Waals surface area (Å²) in [6, 6.07) is 4.32. The van der Waals surface area contributed by atoms with Crippen molar-refractivity contribution >= 4 is 17.9 Å². The summed E-state index contributed by atoms with van der Waals surface area (Å²) < 4.78 is 13.8. The molecular formula is C14H17FN2O2. The molecule has 1 saturated heterocycles. The molecule has 1 fully saturated rings. The molecule has 0 radical (unpaired) electrons. The lowest BCUT2D eigenvalue weighted by Gasteiger charge is -2.24. The number of carbonyl (C=O) groups excluding carboxylic acids is 2. The van der Waals surface area contributed by atoms with Gasteiger partial charge in [0.2, 0.25) is 5.91 Å². The third-order valence-electron chi connectivity index (χ3n) is 3.36. The van der Waals surface area contributed by atoms with E-state index in [4.69, 9.17) is 0 Å². The first-order chi connectivity index (χ1) is 9.13. The number of nitrogens with zero attached hydrogens (tertiary/aromatic N) is 2. The van der Waals surface area contributed by atoms with E-state index in [9.17, 15) is 14.0 Å². The fourth-order valence-electron chi connectivity index (χ4n) is 2.38. The molecule has 19 heavy (non-hydrogen) atoms. The average molecular weight is 264 g/mol. The molecule has 1 heterocycles. The van der Waals surface area contributed by atoms with E-state index in [-0.39, 0.29) is 23.7 Å². The summed E-state index contributed by atoms with van der Waals surface area (Å²) in [7, 11) is 1.62. The van der Waals surface area contributed by atoms with Crippen molar-refractivity contribution < 1.29 is 14.0 Å². The number of carbonyl (C=O) groups is 2. The molecule has 1 aromatic rings. The quantitative estimate of drug-likeness (QED) is 0.777. The molecule has 1 aliphatic rings. The van der Waals surface area contributed by atoms with E-state index in [0.29, 0.717) is 6.29 Å². The lowest BCUT2D eigenvalue weighted by molar-refractivity contribution is -0.128. The molecule has 0 N–H and O–H groups in total. The number of rotatable bonds is 4. The molecule has 0 atom stereocenters. The van der Waals surface area contributed by atoms with Gasteiger partial charge in [0.1, 0.15) is 5.82 Å². The molecule has 2 rings (SSSR count). The Kier molecular flexibility index (Phi) is 4.14. The minimum atomic E-state index is -0.485. The van der Waals surface area contributed by atoms with Crippen LogP contribution in [0.1, 0.15) is 23.2 Å². The Balaban J connectivity index is 2.13. The number of para-hydroxylation sites is 1. The molecule has 1 aliphatic heterocycles. The van der Waals surface area contributed by atoms with Crippen molar-refractivity contribution in [1.82, 2.24) is 4.90 Å². The Morgan fingerprint density at radius 1 is 1.42 bits per heavy atom. The van der Waals surface area contributed by atoms with Crippen LogP contribution in [0.4, 0.5) is 10.1 Å². The summed E-state index contributed by atoms with van der Waals surface area (Å²) in [5, 5.41) is 0. The Morgan fingerprint density at radius 2 is 2.11 bits per heavy atom. The fourth-order valence-corrected chi connectivity index (χ4v) is 2.38. The normalized spacial score (nSPS) is 14.5. The van der Waals surface area contributed by atoms with Crippen molar-refractivity contribution in [3.05, 3.63) is 29.6 Å². The zero-order chi connectivity index (χ0) is 13.8. The van der Waals surface area contributed by atoms with Gasteiger partial charge in [-0.15, -0.1) is 0 Å². The van der Waals surface area contributed by atoms with Crippen LogP contribution in [-0.4, -0.2) is 43.8 Å². The summed E-state index contributed by atoms with van der Waals surface area (Å²) in [6.07, 6.45) is 2.65. The number of benzene rings is 1. The molecule has 0 unspecified atom stereocenters. The molecule has 0 spiro atoms. The van der Waals surface area contributed by atoms with Gasteiger partial charge in [-0.1, -0.05) is 6.07 Å². The number of likely N-dealkylation sites (tertiary alicyclic amines) is 1. The zero-order valence-electron chi connectivity index (χ0n) is 10.9. The van der Waals surface area contributed by atoms with E-state index in [1.54, 1.807) is 18.0 Å². The van der Waals surface area contributed by atoms with Gasteiger partial charge in [0.15, 0.2) is 6.29 Å². The second kappa shape index (κ2) is 5.82. The fraction of sp³-hybridized carbons (Fsp3) is 0.429. The van der Waals surface area contributed by atoms with E-state index < -0.39 is 5.82 Å². The number of halogens is 1. The van der Waals surface area contributed by atoms with Crippen LogP contribution >= 0.6 is 0 Å². The van der Waals surface area contributed by atoms with Gasteiger partial charge in [-0.25, -0.2) is 4.39 Å². The number of likely N-dealkylation sites (N-methyl/N-ethyl adjacent to an activating group) is 1. The number of aldehydes is 1. The average Bonchev–Trinajstić information content (AvgIpc) is 2.92. The van der Waals surface area contributed by atoms with Crippen LogP contribution in [0, 0.1) is 5.82 Å². The highest BCUT2D eigenvalue weighted by molar-refractivity contribution is 5.88. The summed E-state index contributed by atoms with van der Waals surface area (Å²) in [6.45, 7) is 1.62. The molecule has 1 aromatic carbocycles. The van der Waals surface area contributed by atoms with Crippen LogP contribution in [-0.2, 0) is 4.79 Å². The van der Waals surface area contributed by atoms with Gasteiger partial charge in [-0.2, -0.15) is 0 Å². The smallest absolute Gasteiger partial charge is 0.242 e. The summed E-state index contributed by atoms with van der Waals surface area (Å²) in [5.74, 6) is -0.513. The second-order valence-corrected chi connectivity index (χ2v) is 4.74. The highest BCUT2D eigenvalue weighted by Gasteiger charge is 2.21. The topological polar surface area (TPSA) is 40.6 Å². The molecular weight excluding hydrogens is 247 g/mol. The predicted octanol–water partition coefficient (Wildman–Crippen LogP) is 1.70. The first-order valence-electron chi connectivity index (χ1n) is 6.36. The van der Waals surface area contributed by atoms with Gasteiger partial charge in [0, 0.05) is 25.7 Å². The van der Waals surface area contributed by atoms with Crippen LogP contribution in [0.3, 0.4) is 0 Å². The summed E-state index contributed by atoms with van der Waals surface area (Å²) in [5.41, 5.74) is 0.446. The first kappa shape index (κ1) is 13.5. The van der Waals surface area contributed by atoms with E-state index in [2.05, 4.69) is 0 Å². The maximum Gasteiger partial charge on any atom is 0.242 e. The standard InChI is InChI=1S/C14H17FN2O2/c1-16(9-13(19)17-7-2-3-8-17)14-11(10-18)5-4-6-12(14)15/h4-6,10H,2-3,7-9H2,1H3. The molecule has 4 nitrogen and oxygen atoms in total. The molecule has 1 amide bonds. The maximum atomic E-state index is 13.8. The SMILES string of the molecule is CN(CC(=O)N1CCCC1)c1c(F)cccc1C=O. The van der Waals surface area contributed by atoms with Crippen LogP contribution < -0.4 is 4.90 Å². The molecule has 102 valence electrons. The summed E-state index contributed by atoms with van der Waals surface area (Å²) in [4.78, 5) is 26.2. The Morgan fingerprint density at radius 3 is 2.74 bits per heavy atom. The van der Waals surface area contributed by atoms with Crippen molar-refractivity contribution in [3.63, 3.8) is 0 Å². The van der Waals surface area contributed by atoms with Crippen molar-refractivity contribution in [1.29, 1.82) is 0 Å².